The molecule has 0 radical (unpaired) electrons. The average Bonchev–Trinajstić information content (AvgIpc) is 2.96. The molecule has 1 rings (SSSR count). The number of rotatable bonds is 10. The summed E-state index contributed by atoms with van der Waals surface area (Å²) in [6, 6.07) is 0. The number of unbranched alkanes of at least 4 members (excludes halogenated alkanes) is 5. The van der Waals surface area contributed by atoms with Crippen LogP contribution in [-0.2, 0) is 4.79 Å². The summed E-state index contributed by atoms with van der Waals surface area (Å²) >= 11 is 0. The topological polar surface area (TPSA) is 20.3 Å². The van der Waals surface area contributed by atoms with Crippen LogP contribution in [0.1, 0.15) is 85.0 Å². The molecule has 1 aliphatic heterocycles. The molecule has 1 aliphatic rings. The van der Waals surface area contributed by atoms with Gasteiger partial charge < -0.3 is 0 Å². The molecule has 1 atom stereocenters. The summed E-state index contributed by atoms with van der Waals surface area (Å²) in [6.07, 6.45) is 11.9. The Hall–Kier alpha value is -0.370. The van der Waals surface area contributed by atoms with Crippen LogP contribution in [0, 0.1) is 0 Å². The van der Waals surface area contributed by atoms with E-state index in [1.54, 1.807) is 0 Å². The summed E-state index contributed by atoms with van der Waals surface area (Å²) in [6.45, 7) is 8.81. The normalized spacial score (nSPS) is 19.5. The quantitative estimate of drug-likeness (QED) is 0.540. The van der Waals surface area contributed by atoms with E-state index in [1.165, 1.54) is 44.9 Å². The first-order chi connectivity index (χ1) is 9.15. The highest BCUT2D eigenvalue weighted by atomic mass is 16.1. The Bertz CT molecular complexity index is 258. The highest BCUT2D eigenvalue weighted by Gasteiger charge is 2.37. The molecule has 0 spiro atoms. The molecule has 0 aromatic rings. The van der Waals surface area contributed by atoms with Gasteiger partial charge in [0.05, 0.1) is 5.54 Å². The first kappa shape index (κ1) is 16.7. The van der Waals surface area contributed by atoms with Crippen LogP contribution in [-0.4, -0.2) is 29.3 Å². The predicted octanol–water partition coefficient (Wildman–Crippen LogP) is 4.57. The van der Waals surface area contributed by atoms with E-state index in [-0.39, 0.29) is 5.54 Å². The summed E-state index contributed by atoms with van der Waals surface area (Å²) < 4.78 is 0. The summed E-state index contributed by atoms with van der Waals surface area (Å²) in [4.78, 5) is 15.0. The average molecular weight is 267 g/mol. The largest absolute Gasteiger partial charge is 0.298 e. The summed E-state index contributed by atoms with van der Waals surface area (Å²) in [5.74, 6) is 0.479. The molecule has 1 saturated heterocycles. The predicted molar refractivity (Wildman–Crippen MR) is 82.5 cm³/mol. The number of hydrogen-bond acceptors (Lipinski definition) is 2. The summed E-state index contributed by atoms with van der Waals surface area (Å²) in [7, 11) is 0. The molecule has 0 amide bonds. The molecule has 0 bridgehead atoms. The Labute approximate surface area is 119 Å². The zero-order valence-electron chi connectivity index (χ0n) is 13.3. The van der Waals surface area contributed by atoms with E-state index in [4.69, 9.17) is 0 Å². The Morgan fingerprint density at radius 1 is 1.00 bits per heavy atom. The zero-order valence-corrected chi connectivity index (χ0v) is 13.3. The summed E-state index contributed by atoms with van der Waals surface area (Å²) in [5.41, 5.74) is -0.181. The van der Waals surface area contributed by atoms with Crippen LogP contribution in [0.25, 0.3) is 0 Å². The molecule has 2 heteroatoms. The minimum Gasteiger partial charge on any atom is -0.298 e. The van der Waals surface area contributed by atoms with Crippen molar-refractivity contribution in [1.29, 1.82) is 0 Å². The number of nitrogens with zero attached hydrogens (tertiary/aromatic N) is 1. The van der Waals surface area contributed by atoms with Crippen LogP contribution >= 0.6 is 0 Å². The van der Waals surface area contributed by atoms with Crippen LogP contribution in [0.3, 0.4) is 0 Å². The van der Waals surface area contributed by atoms with Crippen molar-refractivity contribution in [3.63, 3.8) is 0 Å². The van der Waals surface area contributed by atoms with E-state index in [1.807, 2.05) is 0 Å². The monoisotopic (exact) mass is 267 g/mol. The van der Waals surface area contributed by atoms with Crippen LogP contribution in [0.5, 0.6) is 0 Å². The fraction of sp³-hybridized carbons (Fsp3) is 0.941. The number of hydrogen-bond donors (Lipinski definition) is 0. The molecule has 1 heterocycles. The van der Waals surface area contributed by atoms with Crippen molar-refractivity contribution in [1.82, 2.24) is 4.90 Å². The van der Waals surface area contributed by atoms with Crippen LogP contribution in [0.2, 0.25) is 0 Å². The lowest BCUT2D eigenvalue weighted by Gasteiger charge is -2.36. The highest BCUT2D eigenvalue weighted by Crippen LogP contribution is 2.27. The highest BCUT2D eigenvalue weighted by molar-refractivity contribution is 5.87. The molecule has 1 fully saturated rings. The molecule has 0 saturated carbocycles. The van der Waals surface area contributed by atoms with Gasteiger partial charge in [0, 0.05) is 6.42 Å². The molecular weight excluding hydrogens is 234 g/mol. The Morgan fingerprint density at radius 3 is 2.16 bits per heavy atom. The smallest absolute Gasteiger partial charge is 0.152 e. The fourth-order valence-corrected chi connectivity index (χ4v) is 3.14. The minimum absolute atomic E-state index is 0.181. The van der Waals surface area contributed by atoms with E-state index in [0.29, 0.717) is 5.78 Å². The van der Waals surface area contributed by atoms with Gasteiger partial charge in [-0.05, 0) is 45.7 Å². The van der Waals surface area contributed by atoms with Gasteiger partial charge in [-0.1, -0.05) is 46.0 Å². The van der Waals surface area contributed by atoms with Crippen molar-refractivity contribution in [2.24, 2.45) is 0 Å². The van der Waals surface area contributed by atoms with Crippen molar-refractivity contribution >= 4 is 5.78 Å². The van der Waals surface area contributed by atoms with Crippen molar-refractivity contribution in [2.45, 2.75) is 90.5 Å². The van der Waals surface area contributed by atoms with E-state index < -0.39 is 0 Å². The maximum Gasteiger partial charge on any atom is 0.152 e. The van der Waals surface area contributed by atoms with E-state index in [0.717, 1.165) is 32.4 Å². The number of likely N-dealkylation sites (tertiary alicyclic amines) is 1. The molecular formula is C17H33NO. The maximum atomic E-state index is 12.5. The van der Waals surface area contributed by atoms with Crippen molar-refractivity contribution in [3.8, 4) is 0 Å². The molecule has 112 valence electrons. The Kier molecular flexibility index (Phi) is 7.67. The lowest BCUT2D eigenvalue weighted by molar-refractivity contribution is -0.130. The van der Waals surface area contributed by atoms with Gasteiger partial charge in [0.15, 0.2) is 5.78 Å². The molecule has 19 heavy (non-hydrogen) atoms. The Morgan fingerprint density at radius 2 is 1.58 bits per heavy atom. The van der Waals surface area contributed by atoms with Gasteiger partial charge in [-0.15, -0.1) is 0 Å². The first-order valence-electron chi connectivity index (χ1n) is 8.43. The molecule has 0 N–H and O–H groups in total. The van der Waals surface area contributed by atoms with Gasteiger partial charge in [-0.3, -0.25) is 9.69 Å². The van der Waals surface area contributed by atoms with Gasteiger partial charge in [0.1, 0.15) is 0 Å². The standard InChI is InChI=1S/C17H33NO/c1-4-6-7-8-9-10-13-16(19)17(3,5-2)18-14-11-12-15-18/h4-15H2,1-3H3. The second-order valence-corrected chi connectivity index (χ2v) is 6.26. The van der Waals surface area contributed by atoms with E-state index in [2.05, 4.69) is 25.7 Å². The van der Waals surface area contributed by atoms with Crippen molar-refractivity contribution < 1.29 is 4.79 Å². The van der Waals surface area contributed by atoms with Gasteiger partial charge >= 0.3 is 0 Å². The number of carbonyl (C=O) groups excluding carboxylic acids is 1. The maximum absolute atomic E-state index is 12.5. The molecule has 0 aromatic heterocycles. The van der Waals surface area contributed by atoms with Crippen LogP contribution < -0.4 is 0 Å². The fourth-order valence-electron chi connectivity index (χ4n) is 3.14. The van der Waals surface area contributed by atoms with Gasteiger partial charge in [-0.25, -0.2) is 0 Å². The SMILES string of the molecule is CCCCCCCCC(=O)C(C)(CC)N1CCCC1. The zero-order chi connectivity index (χ0) is 14.1. The minimum atomic E-state index is -0.181. The van der Waals surface area contributed by atoms with Gasteiger partial charge in [0.25, 0.3) is 0 Å². The van der Waals surface area contributed by atoms with E-state index in [9.17, 15) is 4.79 Å². The summed E-state index contributed by atoms with van der Waals surface area (Å²) in [5, 5.41) is 0. The third-order valence-electron chi connectivity index (χ3n) is 4.85. The Balaban J connectivity index is 2.29. The van der Waals surface area contributed by atoms with E-state index >= 15 is 0 Å². The number of carbonyl (C=O) groups is 1. The van der Waals surface area contributed by atoms with Gasteiger partial charge in [0.2, 0.25) is 0 Å². The molecule has 0 aliphatic carbocycles. The lowest BCUT2D eigenvalue weighted by atomic mass is 9.88. The first-order valence-corrected chi connectivity index (χ1v) is 8.43. The number of Topliss-reactive ketones (excluding diaryl/α,β-unsaturated/α-hetero) is 1. The molecule has 2 nitrogen and oxygen atoms in total. The van der Waals surface area contributed by atoms with Crippen LogP contribution in [0.4, 0.5) is 0 Å². The number of ketones is 1. The second kappa shape index (κ2) is 8.73. The van der Waals surface area contributed by atoms with Crippen molar-refractivity contribution in [3.05, 3.63) is 0 Å². The van der Waals surface area contributed by atoms with Crippen molar-refractivity contribution in [2.75, 3.05) is 13.1 Å². The van der Waals surface area contributed by atoms with Crippen LogP contribution in [0.15, 0.2) is 0 Å². The third kappa shape index (κ3) is 4.91. The second-order valence-electron chi connectivity index (χ2n) is 6.26. The van der Waals surface area contributed by atoms with Gasteiger partial charge in [-0.2, -0.15) is 0 Å². The molecule has 1 unspecified atom stereocenters. The third-order valence-corrected chi connectivity index (χ3v) is 4.85. The molecule has 0 aromatic carbocycles. The lowest BCUT2D eigenvalue weighted by Crippen LogP contribution is -2.50.